The number of nitrogens with one attached hydrogen (secondary N) is 1. The number of aryl methyl sites for hydroxylation is 1. The summed E-state index contributed by atoms with van der Waals surface area (Å²) in [5.74, 6) is 0. The summed E-state index contributed by atoms with van der Waals surface area (Å²) in [4.78, 5) is 0. The van der Waals surface area contributed by atoms with Crippen LogP contribution in [0.25, 0.3) is 0 Å². The Balaban J connectivity index is 2.21. The van der Waals surface area contributed by atoms with Gasteiger partial charge in [-0.2, -0.15) is 0 Å². The molecule has 0 heterocycles. The lowest BCUT2D eigenvalue weighted by Gasteiger charge is -2.21. The Morgan fingerprint density at radius 1 is 1.11 bits per heavy atom. The molecule has 0 radical (unpaired) electrons. The number of hydrogen-bond acceptors (Lipinski definition) is 1. The van der Waals surface area contributed by atoms with Crippen molar-refractivity contribution in [2.45, 2.75) is 32.7 Å². The molecule has 2 heteroatoms. The number of halogens is 1. The fourth-order valence-corrected chi connectivity index (χ4v) is 2.75. The van der Waals surface area contributed by atoms with E-state index in [1.165, 1.54) is 23.2 Å². The van der Waals surface area contributed by atoms with Crippen LogP contribution in [0.4, 0.5) is 5.69 Å². The van der Waals surface area contributed by atoms with Crippen molar-refractivity contribution in [2.24, 2.45) is 0 Å². The molecule has 100 valence electrons. The first-order chi connectivity index (χ1) is 9.20. The maximum atomic E-state index is 3.67. The second-order valence-electron chi connectivity index (χ2n) is 4.86. The minimum atomic E-state index is 0.381. The van der Waals surface area contributed by atoms with E-state index in [2.05, 4.69) is 83.6 Å². The summed E-state index contributed by atoms with van der Waals surface area (Å²) < 4.78 is 1.13. The summed E-state index contributed by atoms with van der Waals surface area (Å²) >= 11 is 3.51. The summed E-state index contributed by atoms with van der Waals surface area (Å²) in [5.41, 5.74) is 3.84. The topological polar surface area (TPSA) is 12.0 Å². The van der Waals surface area contributed by atoms with Crippen LogP contribution in [-0.2, 0) is 0 Å². The maximum Gasteiger partial charge on any atom is 0.0513 e. The largest absolute Gasteiger partial charge is 0.378 e. The Hall–Kier alpha value is -1.28. The highest BCUT2D eigenvalue weighted by Crippen LogP contribution is 2.27. The first-order valence-electron chi connectivity index (χ1n) is 6.78. The fourth-order valence-electron chi connectivity index (χ4n) is 2.27. The SMILES string of the molecule is CCCC(Nc1ccc(Br)cc1C)c1ccccc1. The van der Waals surface area contributed by atoms with Crippen molar-refractivity contribution in [1.82, 2.24) is 0 Å². The van der Waals surface area contributed by atoms with Crippen molar-refractivity contribution in [3.05, 3.63) is 64.1 Å². The molecule has 0 fully saturated rings. The monoisotopic (exact) mass is 317 g/mol. The zero-order valence-electron chi connectivity index (χ0n) is 11.5. The van der Waals surface area contributed by atoms with Gasteiger partial charge in [0, 0.05) is 10.2 Å². The minimum absolute atomic E-state index is 0.381. The molecule has 2 rings (SSSR count). The van der Waals surface area contributed by atoms with Gasteiger partial charge in [0.2, 0.25) is 0 Å². The van der Waals surface area contributed by atoms with E-state index in [1.54, 1.807) is 0 Å². The molecule has 2 aromatic rings. The van der Waals surface area contributed by atoms with Gasteiger partial charge in [-0.15, -0.1) is 0 Å². The second-order valence-corrected chi connectivity index (χ2v) is 5.77. The van der Waals surface area contributed by atoms with E-state index >= 15 is 0 Å². The Kier molecular flexibility index (Phi) is 5.03. The molecule has 0 aromatic heterocycles. The molecule has 0 amide bonds. The van der Waals surface area contributed by atoms with Crippen LogP contribution in [0.2, 0.25) is 0 Å². The van der Waals surface area contributed by atoms with Crippen LogP contribution in [-0.4, -0.2) is 0 Å². The third-order valence-electron chi connectivity index (χ3n) is 3.30. The van der Waals surface area contributed by atoms with Crippen molar-refractivity contribution in [1.29, 1.82) is 0 Å². The first kappa shape index (κ1) is 14.1. The summed E-state index contributed by atoms with van der Waals surface area (Å²) in [6.07, 6.45) is 2.31. The highest BCUT2D eigenvalue weighted by molar-refractivity contribution is 9.10. The number of hydrogen-bond donors (Lipinski definition) is 1. The molecule has 2 aromatic carbocycles. The standard InChI is InChI=1S/C17H20BrN/c1-3-7-17(14-8-5-4-6-9-14)19-16-11-10-15(18)12-13(16)2/h4-6,8-12,17,19H,3,7H2,1-2H3. The Morgan fingerprint density at radius 3 is 2.47 bits per heavy atom. The third kappa shape index (κ3) is 3.84. The Labute approximate surface area is 124 Å². The fraction of sp³-hybridized carbons (Fsp3) is 0.294. The van der Waals surface area contributed by atoms with Gasteiger partial charge in [0.05, 0.1) is 6.04 Å². The number of benzene rings is 2. The Bertz CT molecular complexity index is 522. The zero-order valence-corrected chi connectivity index (χ0v) is 13.1. The van der Waals surface area contributed by atoms with Gasteiger partial charge in [-0.25, -0.2) is 0 Å². The lowest BCUT2D eigenvalue weighted by Crippen LogP contribution is -2.11. The molecule has 19 heavy (non-hydrogen) atoms. The highest BCUT2D eigenvalue weighted by Gasteiger charge is 2.11. The molecule has 0 aliphatic rings. The van der Waals surface area contributed by atoms with E-state index in [-0.39, 0.29) is 0 Å². The van der Waals surface area contributed by atoms with E-state index < -0.39 is 0 Å². The van der Waals surface area contributed by atoms with Crippen LogP contribution in [0, 0.1) is 6.92 Å². The van der Waals surface area contributed by atoms with Crippen LogP contribution >= 0.6 is 15.9 Å². The summed E-state index contributed by atoms with van der Waals surface area (Å²) in [6.45, 7) is 4.37. The van der Waals surface area contributed by atoms with Gasteiger partial charge in [0.25, 0.3) is 0 Å². The average molecular weight is 318 g/mol. The molecular weight excluding hydrogens is 298 g/mol. The third-order valence-corrected chi connectivity index (χ3v) is 3.79. The van der Waals surface area contributed by atoms with Crippen molar-refractivity contribution >= 4 is 21.6 Å². The van der Waals surface area contributed by atoms with Gasteiger partial charge in [0.1, 0.15) is 0 Å². The smallest absolute Gasteiger partial charge is 0.0513 e. The van der Waals surface area contributed by atoms with Crippen LogP contribution in [0.3, 0.4) is 0 Å². The molecule has 0 saturated carbocycles. The first-order valence-corrected chi connectivity index (χ1v) is 7.57. The summed E-state index contributed by atoms with van der Waals surface area (Å²) in [6, 6.07) is 17.4. The van der Waals surface area contributed by atoms with Crippen molar-refractivity contribution in [3.8, 4) is 0 Å². The second kappa shape index (κ2) is 6.76. The summed E-state index contributed by atoms with van der Waals surface area (Å²) in [5, 5.41) is 3.67. The molecule has 1 atom stereocenters. The molecule has 1 unspecified atom stereocenters. The van der Waals surface area contributed by atoms with E-state index in [9.17, 15) is 0 Å². The van der Waals surface area contributed by atoms with E-state index in [4.69, 9.17) is 0 Å². The van der Waals surface area contributed by atoms with Crippen LogP contribution in [0.1, 0.15) is 36.9 Å². The quantitative estimate of drug-likeness (QED) is 0.744. The highest BCUT2D eigenvalue weighted by atomic mass is 79.9. The maximum absolute atomic E-state index is 3.67. The molecule has 1 nitrogen and oxygen atoms in total. The van der Waals surface area contributed by atoms with Gasteiger partial charge in [0.15, 0.2) is 0 Å². The van der Waals surface area contributed by atoms with Crippen LogP contribution in [0.5, 0.6) is 0 Å². The number of rotatable bonds is 5. The van der Waals surface area contributed by atoms with Crippen molar-refractivity contribution in [3.63, 3.8) is 0 Å². The van der Waals surface area contributed by atoms with Gasteiger partial charge < -0.3 is 5.32 Å². The van der Waals surface area contributed by atoms with Crippen molar-refractivity contribution < 1.29 is 0 Å². The summed E-state index contributed by atoms with van der Waals surface area (Å²) in [7, 11) is 0. The lowest BCUT2D eigenvalue weighted by molar-refractivity contribution is 0.677. The zero-order chi connectivity index (χ0) is 13.7. The van der Waals surface area contributed by atoms with Gasteiger partial charge in [-0.3, -0.25) is 0 Å². The molecule has 0 saturated heterocycles. The van der Waals surface area contributed by atoms with Crippen LogP contribution < -0.4 is 5.32 Å². The van der Waals surface area contributed by atoms with Gasteiger partial charge in [-0.1, -0.05) is 59.6 Å². The van der Waals surface area contributed by atoms with E-state index in [0.717, 1.165) is 10.9 Å². The van der Waals surface area contributed by atoms with Crippen molar-refractivity contribution in [2.75, 3.05) is 5.32 Å². The predicted octanol–water partition coefficient (Wildman–Crippen LogP) is 5.71. The predicted molar refractivity (Wildman–Crippen MR) is 86.6 cm³/mol. The normalized spacial score (nSPS) is 12.2. The van der Waals surface area contributed by atoms with Gasteiger partial charge >= 0.3 is 0 Å². The van der Waals surface area contributed by atoms with E-state index in [0.29, 0.717) is 6.04 Å². The average Bonchev–Trinajstić information content (AvgIpc) is 2.42. The van der Waals surface area contributed by atoms with E-state index in [1.807, 2.05) is 0 Å². The molecule has 0 spiro atoms. The molecule has 1 N–H and O–H groups in total. The molecule has 0 bridgehead atoms. The van der Waals surface area contributed by atoms with Crippen LogP contribution in [0.15, 0.2) is 53.0 Å². The number of anilines is 1. The van der Waals surface area contributed by atoms with Gasteiger partial charge in [-0.05, 0) is 42.7 Å². The molecule has 0 aliphatic carbocycles. The molecular formula is C17H20BrN. The Morgan fingerprint density at radius 2 is 1.84 bits per heavy atom. The lowest BCUT2D eigenvalue weighted by atomic mass is 10.0. The molecule has 0 aliphatic heterocycles. The minimum Gasteiger partial charge on any atom is -0.378 e.